The summed E-state index contributed by atoms with van der Waals surface area (Å²) in [7, 11) is 0. The van der Waals surface area contributed by atoms with Crippen LogP contribution in [0.4, 0.5) is 0 Å². The molecule has 0 aromatic rings. The van der Waals surface area contributed by atoms with E-state index >= 15 is 0 Å². The van der Waals surface area contributed by atoms with Gasteiger partial charge in [-0.05, 0) is 76.4 Å². The predicted molar refractivity (Wildman–Crippen MR) is 99.7 cm³/mol. The molecule has 3 heteroatoms. The fourth-order valence-electron chi connectivity index (χ4n) is 5.48. The minimum atomic E-state index is -0.359. The molecule has 2 aliphatic carbocycles. The van der Waals surface area contributed by atoms with Crippen molar-refractivity contribution in [2.75, 3.05) is 6.61 Å². The molecule has 0 radical (unpaired) electrons. The van der Waals surface area contributed by atoms with E-state index in [9.17, 15) is 0 Å². The maximum atomic E-state index is 6.99. The molecule has 0 spiro atoms. The van der Waals surface area contributed by atoms with Crippen molar-refractivity contribution in [3.05, 3.63) is 23.3 Å². The monoisotopic (exact) mass is 346 g/mol. The predicted octanol–water partition coefficient (Wildman–Crippen LogP) is 5.10. The average Bonchev–Trinajstić information content (AvgIpc) is 3.21. The molecule has 0 amide bonds. The van der Waals surface area contributed by atoms with Gasteiger partial charge in [-0.2, -0.15) is 0 Å². The van der Waals surface area contributed by atoms with Gasteiger partial charge < -0.3 is 14.2 Å². The first kappa shape index (κ1) is 17.8. The van der Waals surface area contributed by atoms with Gasteiger partial charge in [-0.25, -0.2) is 0 Å². The molecule has 2 fully saturated rings. The van der Waals surface area contributed by atoms with Crippen molar-refractivity contribution in [2.24, 2.45) is 0 Å². The molecule has 4 atom stereocenters. The van der Waals surface area contributed by atoms with E-state index in [1.807, 2.05) is 0 Å². The topological polar surface area (TPSA) is 34.3 Å². The van der Waals surface area contributed by atoms with E-state index in [1.54, 1.807) is 0 Å². The van der Waals surface area contributed by atoms with Gasteiger partial charge in [0.15, 0.2) is 0 Å². The average molecular weight is 347 g/mol. The van der Waals surface area contributed by atoms with Crippen molar-refractivity contribution in [3.63, 3.8) is 0 Å². The van der Waals surface area contributed by atoms with Crippen LogP contribution in [-0.2, 0) is 14.2 Å². The van der Waals surface area contributed by atoms with Crippen LogP contribution in [0.25, 0.3) is 0 Å². The molecule has 4 aliphatic rings. The van der Waals surface area contributed by atoms with Gasteiger partial charge in [0.2, 0.25) is 0 Å². The molecule has 2 heterocycles. The minimum Gasteiger partial charge on any atom is -0.364 e. The molecular formula is C22H34O3. The molecule has 0 bridgehead atoms. The van der Waals surface area contributed by atoms with Crippen LogP contribution in [-0.4, -0.2) is 35.6 Å². The molecule has 0 aromatic carbocycles. The highest BCUT2D eigenvalue weighted by atomic mass is 16.7. The summed E-state index contributed by atoms with van der Waals surface area (Å²) in [4.78, 5) is 0. The molecule has 3 nitrogen and oxygen atoms in total. The summed E-state index contributed by atoms with van der Waals surface area (Å²) < 4.78 is 19.3. The molecule has 25 heavy (non-hydrogen) atoms. The van der Waals surface area contributed by atoms with Crippen molar-refractivity contribution in [2.45, 2.75) is 108 Å². The summed E-state index contributed by atoms with van der Waals surface area (Å²) >= 11 is 0. The van der Waals surface area contributed by atoms with Gasteiger partial charge in [0.1, 0.15) is 16.8 Å². The summed E-state index contributed by atoms with van der Waals surface area (Å²) in [5, 5.41) is 0. The van der Waals surface area contributed by atoms with Crippen molar-refractivity contribution in [3.8, 4) is 0 Å². The fourth-order valence-corrected chi connectivity index (χ4v) is 5.48. The lowest BCUT2D eigenvalue weighted by Gasteiger charge is -2.43. The second kappa shape index (κ2) is 6.21. The molecule has 4 rings (SSSR count). The van der Waals surface area contributed by atoms with E-state index in [0.29, 0.717) is 12.7 Å². The first-order valence-electron chi connectivity index (χ1n) is 10.4. The number of hydrogen-bond acceptors (Lipinski definition) is 3. The third kappa shape index (κ3) is 2.49. The van der Waals surface area contributed by atoms with Crippen LogP contribution >= 0.6 is 0 Å². The van der Waals surface area contributed by atoms with Crippen LogP contribution in [0, 0.1) is 0 Å². The largest absolute Gasteiger partial charge is 0.364 e. The lowest BCUT2D eigenvalue weighted by atomic mass is 9.71. The van der Waals surface area contributed by atoms with Crippen LogP contribution in [0.3, 0.4) is 0 Å². The van der Waals surface area contributed by atoms with E-state index < -0.39 is 0 Å². The van der Waals surface area contributed by atoms with Gasteiger partial charge in [0.25, 0.3) is 0 Å². The SMILES string of the molecule is CCC1(COC(C2=CCCC2)(C2=CCCC2)C2(CC)OC2C)OC1C. The highest BCUT2D eigenvalue weighted by Crippen LogP contribution is 2.60. The van der Waals surface area contributed by atoms with Gasteiger partial charge in [0, 0.05) is 0 Å². The van der Waals surface area contributed by atoms with E-state index in [2.05, 4.69) is 39.8 Å². The third-order valence-corrected chi connectivity index (χ3v) is 7.32. The van der Waals surface area contributed by atoms with Gasteiger partial charge in [-0.15, -0.1) is 0 Å². The highest BCUT2D eigenvalue weighted by Gasteiger charge is 2.70. The Labute approximate surface area is 152 Å². The highest BCUT2D eigenvalue weighted by molar-refractivity contribution is 5.45. The summed E-state index contributed by atoms with van der Waals surface area (Å²) in [6.07, 6.45) is 14.6. The second-order valence-corrected chi connectivity index (χ2v) is 8.39. The van der Waals surface area contributed by atoms with Gasteiger partial charge in [-0.1, -0.05) is 26.0 Å². The lowest BCUT2D eigenvalue weighted by Crippen LogP contribution is -2.53. The molecule has 4 unspecified atom stereocenters. The normalized spacial score (nSPS) is 40.2. The molecule has 2 saturated heterocycles. The standard InChI is InChI=1S/C22H34O3/c1-5-20(16(3)24-20)15-23-22(18-11-7-8-12-18,19-13-9-10-14-19)21(6-2)17(4)25-21/h11,13,16-17H,5-10,12,14-15H2,1-4H3. The number of ether oxygens (including phenoxy) is 3. The Hall–Kier alpha value is -0.640. The van der Waals surface area contributed by atoms with Crippen LogP contribution in [0.1, 0.15) is 79.1 Å². The molecule has 2 aliphatic heterocycles. The fraction of sp³-hybridized carbons (Fsp3) is 0.818. The Kier molecular flexibility index (Phi) is 4.41. The van der Waals surface area contributed by atoms with Gasteiger partial charge in [-0.3, -0.25) is 0 Å². The summed E-state index contributed by atoms with van der Waals surface area (Å²) in [5.74, 6) is 0. The quantitative estimate of drug-likeness (QED) is 0.453. The van der Waals surface area contributed by atoms with Crippen LogP contribution < -0.4 is 0 Å². The second-order valence-electron chi connectivity index (χ2n) is 8.39. The third-order valence-electron chi connectivity index (χ3n) is 7.32. The molecule has 0 aromatic heterocycles. The molecule has 140 valence electrons. The van der Waals surface area contributed by atoms with Crippen LogP contribution in [0.5, 0.6) is 0 Å². The number of rotatable bonds is 8. The maximum absolute atomic E-state index is 6.99. The van der Waals surface area contributed by atoms with Crippen LogP contribution in [0.2, 0.25) is 0 Å². The van der Waals surface area contributed by atoms with E-state index in [0.717, 1.165) is 25.7 Å². The molecular weight excluding hydrogens is 312 g/mol. The van der Waals surface area contributed by atoms with E-state index in [4.69, 9.17) is 14.2 Å². The number of hydrogen-bond donors (Lipinski definition) is 0. The zero-order valence-corrected chi connectivity index (χ0v) is 16.4. The summed E-state index contributed by atoms with van der Waals surface area (Å²) in [6, 6.07) is 0. The Morgan fingerprint density at radius 1 is 1.00 bits per heavy atom. The number of allylic oxidation sites excluding steroid dienone is 2. The van der Waals surface area contributed by atoms with E-state index in [-0.39, 0.29) is 22.9 Å². The first-order chi connectivity index (χ1) is 12.0. The Morgan fingerprint density at radius 2 is 1.56 bits per heavy atom. The van der Waals surface area contributed by atoms with Gasteiger partial charge >= 0.3 is 0 Å². The van der Waals surface area contributed by atoms with Gasteiger partial charge in [0.05, 0.1) is 18.8 Å². The van der Waals surface area contributed by atoms with Crippen molar-refractivity contribution in [1.29, 1.82) is 0 Å². The lowest BCUT2D eigenvalue weighted by molar-refractivity contribution is -0.0699. The Morgan fingerprint density at radius 3 is 1.88 bits per heavy atom. The smallest absolute Gasteiger partial charge is 0.142 e. The molecule has 0 saturated carbocycles. The number of epoxide rings is 2. The van der Waals surface area contributed by atoms with Crippen molar-refractivity contribution < 1.29 is 14.2 Å². The molecule has 0 N–H and O–H groups in total. The minimum absolute atomic E-state index is 0.0867. The summed E-state index contributed by atoms with van der Waals surface area (Å²) in [5.41, 5.74) is 2.32. The maximum Gasteiger partial charge on any atom is 0.142 e. The van der Waals surface area contributed by atoms with Crippen molar-refractivity contribution in [1.82, 2.24) is 0 Å². The summed E-state index contributed by atoms with van der Waals surface area (Å²) in [6.45, 7) is 9.54. The Balaban J connectivity index is 1.73. The van der Waals surface area contributed by atoms with E-state index in [1.165, 1.54) is 36.8 Å². The van der Waals surface area contributed by atoms with Crippen LogP contribution in [0.15, 0.2) is 23.3 Å². The zero-order chi connectivity index (χ0) is 17.7. The first-order valence-corrected chi connectivity index (χ1v) is 10.4. The zero-order valence-electron chi connectivity index (χ0n) is 16.4. The Bertz CT molecular complexity index is 560. The van der Waals surface area contributed by atoms with Crippen molar-refractivity contribution >= 4 is 0 Å².